The Bertz CT molecular complexity index is 504. The van der Waals surface area contributed by atoms with Gasteiger partial charge in [0.1, 0.15) is 0 Å². The van der Waals surface area contributed by atoms with E-state index < -0.39 is 0 Å². The van der Waals surface area contributed by atoms with E-state index in [4.69, 9.17) is 0 Å². The van der Waals surface area contributed by atoms with Gasteiger partial charge < -0.3 is 10.2 Å². The summed E-state index contributed by atoms with van der Waals surface area (Å²) in [6.07, 6.45) is 5.85. The lowest BCUT2D eigenvalue weighted by molar-refractivity contribution is 0.0396. The first-order valence-electron chi connectivity index (χ1n) is 7.37. The molecular formula is C15H22N4O. The van der Waals surface area contributed by atoms with Gasteiger partial charge in [0.25, 0.3) is 5.91 Å². The number of nitrogens with one attached hydrogen (secondary N) is 1. The number of aromatic nitrogens is 1. The molecular weight excluding hydrogens is 252 g/mol. The summed E-state index contributed by atoms with van der Waals surface area (Å²) in [5.41, 5.74) is 1.53. The summed E-state index contributed by atoms with van der Waals surface area (Å²) < 4.78 is 0. The number of carbonyl (C=O) groups is 1. The average Bonchev–Trinajstić information content (AvgIpc) is 2.92. The van der Waals surface area contributed by atoms with Crippen molar-refractivity contribution < 1.29 is 4.79 Å². The van der Waals surface area contributed by atoms with Crippen molar-refractivity contribution in [3.63, 3.8) is 0 Å². The Morgan fingerprint density at radius 2 is 2.30 bits per heavy atom. The molecule has 0 saturated carbocycles. The van der Waals surface area contributed by atoms with Crippen molar-refractivity contribution in [2.75, 3.05) is 32.0 Å². The highest BCUT2D eigenvalue weighted by Gasteiger charge is 2.37. The van der Waals surface area contributed by atoms with Crippen molar-refractivity contribution in [2.45, 2.75) is 31.8 Å². The quantitative estimate of drug-likeness (QED) is 0.886. The molecule has 2 fully saturated rings. The minimum atomic E-state index is 0.0986. The molecule has 108 valence electrons. The van der Waals surface area contributed by atoms with Crippen LogP contribution in [0.4, 0.5) is 5.69 Å². The van der Waals surface area contributed by atoms with Crippen LogP contribution in [0.1, 0.15) is 30.1 Å². The second-order valence-electron chi connectivity index (χ2n) is 5.77. The molecule has 1 aromatic rings. The second kappa shape index (κ2) is 5.40. The number of carbonyl (C=O) groups excluding carboxylic acids is 1. The topological polar surface area (TPSA) is 48.5 Å². The Hall–Kier alpha value is -1.62. The summed E-state index contributed by atoms with van der Waals surface area (Å²) in [5, 5.41) is 3.08. The van der Waals surface area contributed by atoms with E-state index in [0.29, 0.717) is 11.6 Å². The lowest BCUT2D eigenvalue weighted by Crippen LogP contribution is -2.56. The van der Waals surface area contributed by atoms with Gasteiger partial charge in [-0.3, -0.25) is 14.7 Å². The van der Waals surface area contributed by atoms with Gasteiger partial charge in [0.2, 0.25) is 0 Å². The van der Waals surface area contributed by atoms with E-state index >= 15 is 0 Å². The van der Waals surface area contributed by atoms with Crippen LogP contribution in [0.2, 0.25) is 0 Å². The first-order chi connectivity index (χ1) is 9.70. The van der Waals surface area contributed by atoms with Crippen molar-refractivity contribution in [1.29, 1.82) is 0 Å². The van der Waals surface area contributed by atoms with Crippen LogP contribution < -0.4 is 5.32 Å². The van der Waals surface area contributed by atoms with Gasteiger partial charge in [0.05, 0.1) is 5.56 Å². The smallest absolute Gasteiger partial charge is 0.257 e. The number of rotatable bonds is 2. The molecule has 0 aromatic carbocycles. The highest BCUT2D eigenvalue weighted by Crippen LogP contribution is 2.26. The predicted octanol–water partition coefficient (Wildman–Crippen LogP) is 1.43. The van der Waals surface area contributed by atoms with Crippen LogP contribution in [-0.2, 0) is 0 Å². The molecule has 5 nitrogen and oxygen atoms in total. The molecule has 0 spiro atoms. The predicted molar refractivity (Wildman–Crippen MR) is 78.9 cm³/mol. The lowest BCUT2D eigenvalue weighted by Gasteiger charge is -2.42. The van der Waals surface area contributed by atoms with Gasteiger partial charge in [-0.1, -0.05) is 0 Å². The summed E-state index contributed by atoms with van der Waals surface area (Å²) in [6, 6.07) is 2.66. The molecule has 2 aliphatic heterocycles. The fourth-order valence-corrected chi connectivity index (χ4v) is 3.41. The van der Waals surface area contributed by atoms with Crippen molar-refractivity contribution in [2.24, 2.45) is 0 Å². The number of nitrogens with zero attached hydrogens (tertiary/aromatic N) is 3. The fourth-order valence-electron chi connectivity index (χ4n) is 3.41. The minimum Gasteiger partial charge on any atom is -0.387 e. The maximum atomic E-state index is 12.8. The summed E-state index contributed by atoms with van der Waals surface area (Å²) in [6.45, 7) is 5.16. The summed E-state index contributed by atoms with van der Waals surface area (Å²) in [7, 11) is 1.84. The van der Waals surface area contributed by atoms with E-state index in [9.17, 15) is 4.79 Å². The number of anilines is 1. The SMILES string of the molecule is CNc1ccncc1C(=O)N1CC2CCCN2CC1C. The first-order valence-corrected chi connectivity index (χ1v) is 7.37. The van der Waals surface area contributed by atoms with E-state index in [1.807, 2.05) is 18.0 Å². The van der Waals surface area contributed by atoms with Gasteiger partial charge in [0.15, 0.2) is 0 Å². The van der Waals surface area contributed by atoms with Crippen LogP contribution in [0, 0.1) is 0 Å². The number of pyridine rings is 1. The number of fused-ring (bicyclic) bond motifs is 1. The van der Waals surface area contributed by atoms with Crippen LogP contribution >= 0.6 is 0 Å². The zero-order valence-electron chi connectivity index (χ0n) is 12.2. The molecule has 3 rings (SSSR count). The van der Waals surface area contributed by atoms with E-state index in [-0.39, 0.29) is 11.9 Å². The maximum Gasteiger partial charge on any atom is 0.257 e. The number of hydrogen-bond donors (Lipinski definition) is 1. The van der Waals surface area contributed by atoms with Crippen molar-refractivity contribution in [3.8, 4) is 0 Å². The highest BCUT2D eigenvalue weighted by atomic mass is 16.2. The zero-order chi connectivity index (χ0) is 14.1. The first kappa shape index (κ1) is 13.4. The van der Waals surface area contributed by atoms with Gasteiger partial charge in [0, 0.05) is 50.3 Å². The molecule has 2 saturated heterocycles. The van der Waals surface area contributed by atoms with Gasteiger partial charge >= 0.3 is 0 Å². The Kier molecular flexibility index (Phi) is 3.61. The molecule has 0 aliphatic carbocycles. The lowest BCUT2D eigenvalue weighted by atomic mass is 10.1. The van der Waals surface area contributed by atoms with E-state index in [2.05, 4.69) is 22.1 Å². The van der Waals surface area contributed by atoms with Gasteiger partial charge in [-0.2, -0.15) is 0 Å². The molecule has 1 N–H and O–H groups in total. The Morgan fingerprint density at radius 1 is 1.45 bits per heavy atom. The molecule has 1 amide bonds. The van der Waals surface area contributed by atoms with Crippen molar-refractivity contribution in [1.82, 2.24) is 14.8 Å². The van der Waals surface area contributed by atoms with Crippen LogP contribution in [0.5, 0.6) is 0 Å². The third kappa shape index (κ3) is 2.26. The molecule has 1 aromatic heterocycles. The fraction of sp³-hybridized carbons (Fsp3) is 0.600. The molecule has 2 unspecified atom stereocenters. The van der Waals surface area contributed by atoms with Crippen LogP contribution in [0.3, 0.4) is 0 Å². The number of hydrogen-bond acceptors (Lipinski definition) is 4. The van der Waals surface area contributed by atoms with E-state index in [1.54, 1.807) is 12.4 Å². The Morgan fingerprint density at radius 3 is 3.10 bits per heavy atom. The second-order valence-corrected chi connectivity index (χ2v) is 5.77. The van der Waals surface area contributed by atoms with Crippen LogP contribution in [0.15, 0.2) is 18.5 Å². The zero-order valence-corrected chi connectivity index (χ0v) is 12.2. The van der Waals surface area contributed by atoms with E-state index in [0.717, 1.165) is 18.8 Å². The monoisotopic (exact) mass is 274 g/mol. The van der Waals surface area contributed by atoms with Crippen molar-refractivity contribution >= 4 is 11.6 Å². The molecule has 2 atom stereocenters. The average molecular weight is 274 g/mol. The molecule has 5 heteroatoms. The minimum absolute atomic E-state index is 0.0986. The van der Waals surface area contributed by atoms with Gasteiger partial charge in [-0.25, -0.2) is 0 Å². The molecule has 20 heavy (non-hydrogen) atoms. The van der Waals surface area contributed by atoms with Crippen LogP contribution in [-0.4, -0.2) is 59.5 Å². The third-order valence-electron chi connectivity index (χ3n) is 4.52. The summed E-state index contributed by atoms with van der Waals surface area (Å²) in [4.78, 5) is 21.5. The van der Waals surface area contributed by atoms with Crippen molar-refractivity contribution in [3.05, 3.63) is 24.0 Å². The Labute approximate surface area is 120 Å². The molecule has 3 heterocycles. The summed E-state index contributed by atoms with van der Waals surface area (Å²) in [5.74, 6) is 0.0986. The number of piperazine rings is 1. The Balaban J connectivity index is 1.82. The molecule has 2 aliphatic rings. The molecule has 0 radical (unpaired) electrons. The van der Waals surface area contributed by atoms with Crippen LogP contribution in [0.25, 0.3) is 0 Å². The standard InChI is InChI=1S/C15H22N4O/c1-11-9-18-7-3-4-12(18)10-19(11)15(20)13-8-17-6-5-14(13)16-2/h5-6,8,11-12H,3-4,7,9-10H2,1-2H3,(H,16,17). The normalized spacial score (nSPS) is 26.4. The number of amides is 1. The molecule has 0 bridgehead atoms. The highest BCUT2D eigenvalue weighted by molar-refractivity contribution is 5.99. The maximum absolute atomic E-state index is 12.8. The van der Waals surface area contributed by atoms with Gasteiger partial charge in [-0.15, -0.1) is 0 Å². The van der Waals surface area contributed by atoms with Gasteiger partial charge in [-0.05, 0) is 32.4 Å². The summed E-state index contributed by atoms with van der Waals surface area (Å²) >= 11 is 0. The van der Waals surface area contributed by atoms with E-state index in [1.165, 1.54) is 19.4 Å². The third-order valence-corrected chi connectivity index (χ3v) is 4.52. The largest absolute Gasteiger partial charge is 0.387 e.